The maximum Gasteiger partial charge on any atom is 0.391 e. The molecule has 0 saturated carbocycles. The Bertz CT molecular complexity index is 358. The Morgan fingerprint density at radius 3 is 2.64 bits per heavy atom. The van der Waals surface area contributed by atoms with E-state index in [-0.39, 0.29) is 5.57 Å². The molecular formula is C8H13N2O3P. The zero-order valence-electron chi connectivity index (χ0n) is 7.73. The molecule has 0 amide bonds. The van der Waals surface area contributed by atoms with Crippen molar-refractivity contribution in [1.29, 1.82) is 0 Å². The van der Waals surface area contributed by atoms with Crippen LogP contribution in [0.4, 0.5) is 0 Å². The Morgan fingerprint density at radius 2 is 1.93 bits per heavy atom. The first kappa shape index (κ1) is 9.90. The van der Waals surface area contributed by atoms with Crippen LogP contribution in [0.25, 0.3) is 0 Å². The number of rotatable bonds is 1. The molecule has 6 heteroatoms. The van der Waals surface area contributed by atoms with Crippen LogP contribution in [0, 0.1) is 0 Å². The fourth-order valence-corrected chi connectivity index (χ4v) is 2.28. The van der Waals surface area contributed by atoms with Gasteiger partial charge in [0.2, 0.25) is 5.57 Å². The molecule has 1 heterocycles. The lowest BCUT2D eigenvalue weighted by Crippen LogP contribution is -2.08. The summed E-state index contributed by atoms with van der Waals surface area (Å²) in [4.78, 5) is 24.6. The molecule has 1 aromatic rings. The third kappa shape index (κ3) is 1.90. The van der Waals surface area contributed by atoms with Gasteiger partial charge in [-0.3, -0.25) is 4.57 Å². The van der Waals surface area contributed by atoms with E-state index < -0.39 is 7.60 Å². The monoisotopic (exact) mass is 216 g/mol. The lowest BCUT2D eigenvalue weighted by Gasteiger charge is -1.97. The molecule has 0 unspecified atom stereocenters. The number of nitrogens with zero attached hydrogens (tertiary/aromatic N) is 1. The highest BCUT2D eigenvalue weighted by Gasteiger charge is 2.24. The van der Waals surface area contributed by atoms with Crippen LogP contribution >= 0.6 is 7.60 Å². The second-order valence-corrected chi connectivity index (χ2v) is 5.10. The summed E-state index contributed by atoms with van der Waals surface area (Å²) in [6.07, 6.45) is 4.96. The van der Waals surface area contributed by atoms with Crippen molar-refractivity contribution in [3.05, 3.63) is 11.4 Å². The first-order valence-corrected chi connectivity index (χ1v) is 6.32. The molecule has 2 rings (SSSR count). The Hall–Kier alpha value is -0.640. The highest BCUT2D eigenvalue weighted by Crippen LogP contribution is 2.32. The largest absolute Gasteiger partial charge is 0.391 e. The van der Waals surface area contributed by atoms with Gasteiger partial charge in [0.1, 0.15) is 0 Å². The maximum atomic E-state index is 10.9. The second kappa shape index (κ2) is 3.50. The van der Waals surface area contributed by atoms with Gasteiger partial charge in [0.05, 0.1) is 5.69 Å². The normalized spacial score (nSPS) is 17.6. The van der Waals surface area contributed by atoms with Crippen LogP contribution in [0.5, 0.6) is 0 Å². The predicted molar refractivity (Wildman–Crippen MR) is 51.5 cm³/mol. The van der Waals surface area contributed by atoms with Gasteiger partial charge in [-0.25, -0.2) is 4.98 Å². The molecule has 14 heavy (non-hydrogen) atoms. The molecule has 0 bridgehead atoms. The molecule has 78 valence electrons. The number of imidazole rings is 1. The number of hydrogen-bond acceptors (Lipinski definition) is 2. The molecule has 1 aliphatic carbocycles. The quantitative estimate of drug-likeness (QED) is 0.470. The van der Waals surface area contributed by atoms with Gasteiger partial charge in [-0.05, 0) is 25.7 Å². The first-order valence-electron chi connectivity index (χ1n) is 4.71. The summed E-state index contributed by atoms with van der Waals surface area (Å²) in [5, 5.41) is 0. The van der Waals surface area contributed by atoms with Crippen molar-refractivity contribution in [3.8, 4) is 0 Å². The van der Waals surface area contributed by atoms with Gasteiger partial charge >= 0.3 is 7.60 Å². The fraction of sp³-hybridized carbons (Fsp3) is 0.625. The van der Waals surface area contributed by atoms with Crippen LogP contribution in [0.2, 0.25) is 0 Å². The predicted octanol–water partition coefficient (Wildman–Crippen LogP) is 0.482. The van der Waals surface area contributed by atoms with Gasteiger partial charge in [-0.15, -0.1) is 0 Å². The van der Waals surface area contributed by atoms with E-state index in [0.717, 1.165) is 43.5 Å². The Balaban J connectivity index is 2.36. The molecule has 1 aliphatic rings. The minimum Gasteiger partial charge on any atom is -0.335 e. The van der Waals surface area contributed by atoms with Crippen LogP contribution in [-0.2, 0) is 17.4 Å². The third-order valence-electron chi connectivity index (χ3n) is 2.47. The average Bonchev–Trinajstić information content (AvgIpc) is 2.38. The van der Waals surface area contributed by atoms with E-state index in [9.17, 15) is 4.57 Å². The van der Waals surface area contributed by atoms with Gasteiger partial charge in [-0.1, -0.05) is 6.42 Å². The third-order valence-corrected chi connectivity index (χ3v) is 3.23. The minimum absolute atomic E-state index is 0.176. The molecule has 5 nitrogen and oxygen atoms in total. The van der Waals surface area contributed by atoms with Crippen LogP contribution in [-0.4, -0.2) is 19.8 Å². The van der Waals surface area contributed by atoms with E-state index in [4.69, 9.17) is 9.79 Å². The molecule has 0 spiro atoms. The van der Waals surface area contributed by atoms with Crippen molar-refractivity contribution in [3.63, 3.8) is 0 Å². The Morgan fingerprint density at radius 1 is 1.21 bits per heavy atom. The zero-order valence-corrected chi connectivity index (χ0v) is 8.63. The number of fused-ring (bicyclic) bond motifs is 1. The summed E-state index contributed by atoms with van der Waals surface area (Å²) in [5.41, 5.74) is 1.56. The highest BCUT2D eigenvalue weighted by molar-refractivity contribution is 7.59. The SMILES string of the molecule is O=P(O)(O)c1nc2c([nH]1)CCCCC2. The van der Waals surface area contributed by atoms with Crippen molar-refractivity contribution in [2.24, 2.45) is 0 Å². The van der Waals surface area contributed by atoms with Crippen LogP contribution in [0.3, 0.4) is 0 Å². The van der Waals surface area contributed by atoms with E-state index in [0.29, 0.717) is 0 Å². The van der Waals surface area contributed by atoms with Crippen LogP contribution < -0.4 is 5.57 Å². The minimum atomic E-state index is -4.20. The summed E-state index contributed by atoms with van der Waals surface area (Å²) < 4.78 is 10.9. The van der Waals surface area contributed by atoms with Crippen LogP contribution in [0.15, 0.2) is 0 Å². The molecule has 3 N–H and O–H groups in total. The molecular weight excluding hydrogens is 203 g/mol. The van der Waals surface area contributed by atoms with E-state index in [1.54, 1.807) is 0 Å². The van der Waals surface area contributed by atoms with Gasteiger partial charge < -0.3 is 14.8 Å². The number of H-pyrrole nitrogens is 1. The van der Waals surface area contributed by atoms with Crippen molar-refractivity contribution in [1.82, 2.24) is 9.97 Å². The van der Waals surface area contributed by atoms with E-state index in [1.807, 2.05) is 0 Å². The van der Waals surface area contributed by atoms with Crippen molar-refractivity contribution < 1.29 is 14.4 Å². The number of hydrogen-bond donors (Lipinski definition) is 3. The van der Waals surface area contributed by atoms with Gasteiger partial charge in [0.25, 0.3) is 0 Å². The van der Waals surface area contributed by atoms with Gasteiger partial charge in [0, 0.05) is 5.69 Å². The summed E-state index contributed by atoms with van der Waals surface area (Å²) in [6, 6.07) is 0. The second-order valence-electron chi connectivity index (χ2n) is 3.59. The lowest BCUT2D eigenvalue weighted by molar-refractivity contribution is 0.385. The summed E-state index contributed by atoms with van der Waals surface area (Å²) in [7, 11) is -4.20. The van der Waals surface area contributed by atoms with Gasteiger partial charge in [0.15, 0.2) is 0 Å². The van der Waals surface area contributed by atoms with E-state index >= 15 is 0 Å². The zero-order chi connectivity index (χ0) is 10.2. The summed E-state index contributed by atoms with van der Waals surface area (Å²) >= 11 is 0. The van der Waals surface area contributed by atoms with E-state index in [1.165, 1.54) is 0 Å². The number of aromatic nitrogens is 2. The van der Waals surface area contributed by atoms with Crippen molar-refractivity contribution >= 4 is 13.2 Å². The molecule has 0 radical (unpaired) electrons. The van der Waals surface area contributed by atoms with Crippen LogP contribution in [0.1, 0.15) is 30.7 Å². The highest BCUT2D eigenvalue weighted by atomic mass is 31.2. The maximum absolute atomic E-state index is 10.9. The molecule has 0 fully saturated rings. The molecule has 1 aromatic heterocycles. The Kier molecular flexibility index (Phi) is 2.47. The summed E-state index contributed by atoms with van der Waals surface area (Å²) in [5.74, 6) is 0. The van der Waals surface area contributed by atoms with Crippen molar-refractivity contribution in [2.75, 3.05) is 0 Å². The molecule has 0 saturated heterocycles. The van der Waals surface area contributed by atoms with Crippen molar-refractivity contribution in [2.45, 2.75) is 32.1 Å². The van der Waals surface area contributed by atoms with E-state index in [2.05, 4.69) is 9.97 Å². The Labute approximate surface area is 81.7 Å². The first-order chi connectivity index (χ1) is 6.57. The molecule has 0 aromatic carbocycles. The summed E-state index contributed by atoms with van der Waals surface area (Å²) in [6.45, 7) is 0. The smallest absolute Gasteiger partial charge is 0.335 e. The average molecular weight is 216 g/mol. The topological polar surface area (TPSA) is 86.2 Å². The number of aromatic amines is 1. The number of aryl methyl sites for hydroxylation is 2. The number of nitrogens with one attached hydrogen (secondary N) is 1. The molecule has 0 aliphatic heterocycles. The van der Waals surface area contributed by atoms with Gasteiger partial charge in [-0.2, -0.15) is 0 Å². The lowest BCUT2D eigenvalue weighted by atomic mass is 10.2. The standard InChI is InChI=1S/C8H13N2O3P/c11-14(12,13)8-9-6-4-2-1-3-5-7(6)10-8/h1-5H2,(H,9,10)(H2,11,12,13). The fourth-order valence-electron chi connectivity index (χ4n) is 1.75. The molecule has 0 atom stereocenters.